The quantitative estimate of drug-likeness (QED) is 0.916. The maximum Gasteiger partial charge on any atom is 0.225 e. The van der Waals surface area contributed by atoms with Gasteiger partial charge in [0.15, 0.2) is 0 Å². The topological polar surface area (TPSA) is 74.2 Å². The Morgan fingerprint density at radius 2 is 1.73 bits per heavy atom. The van der Waals surface area contributed by atoms with Crippen molar-refractivity contribution in [1.29, 1.82) is 0 Å². The molecular weight excluding hydrogens is 280 g/mol. The van der Waals surface area contributed by atoms with Crippen molar-refractivity contribution in [3.63, 3.8) is 0 Å². The van der Waals surface area contributed by atoms with E-state index in [1.165, 1.54) is 6.92 Å². The third-order valence-electron chi connectivity index (χ3n) is 3.49. The molecule has 0 bridgehead atoms. The van der Waals surface area contributed by atoms with Crippen LogP contribution in [0.25, 0.3) is 0 Å². The largest absolute Gasteiger partial charge is 0.353 e. The van der Waals surface area contributed by atoms with Crippen molar-refractivity contribution in [1.82, 2.24) is 15.0 Å². The van der Waals surface area contributed by atoms with Gasteiger partial charge in [0.05, 0.1) is 18.1 Å². The van der Waals surface area contributed by atoms with E-state index in [0.717, 1.165) is 32.0 Å². The molecule has 0 atom stereocenters. The van der Waals surface area contributed by atoms with E-state index in [-0.39, 0.29) is 5.91 Å². The van der Waals surface area contributed by atoms with Crippen LogP contribution in [0.4, 0.5) is 17.5 Å². The second kappa shape index (κ2) is 6.38. The zero-order chi connectivity index (χ0) is 15.4. The lowest BCUT2D eigenvalue weighted by atomic mass is 10.3. The molecule has 0 saturated carbocycles. The lowest BCUT2D eigenvalue weighted by molar-refractivity contribution is -0.114. The molecule has 1 saturated heterocycles. The van der Waals surface area contributed by atoms with E-state index >= 15 is 0 Å². The number of anilines is 3. The molecule has 0 spiro atoms. The summed E-state index contributed by atoms with van der Waals surface area (Å²) in [5.41, 5.74) is 0.614. The van der Waals surface area contributed by atoms with Crippen LogP contribution in [0.3, 0.4) is 0 Å². The van der Waals surface area contributed by atoms with Crippen LogP contribution in [0.15, 0.2) is 36.8 Å². The van der Waals surface area contributed by atoms with Crippen molar-refractivity contribution in [2.45, 2.75) is 6.92 Å². The monoisotopic (exact) mass is 298 g/mol. The molecule has 0 unspecified atom stereocenters. The average molecular weight is 298 g/mol. The number of nitrogens with zero attached hydrogens (tertiary/aromatic N) is 5. The zero-order valence-corrected chi connectivity index (χ0v) is 12.4. The van der Waals surface area contributed by atoms with E-state index in [4.69, 9.17) is 0 Å². The third-order valence-corrected chi connectivity index (χ3v) is 3.49. The van der Waals surface area contributed by atoms with Crippen LogP contribution in [0.5, 0.6) is 0 Å². The van der Waals surface area contributed by atoms with Gasteiger partial charge in [0.1, 0.15) is 5.82 Å². The first kappa shape index (κ1) is 14.2. The lowest BCUT2D eigenvalue weighted by Gasteiger charge is -2.35. The molecule has 1 aliphatic rings. The van der Waals surface area contributed by atoms with E-state index in [1.54, 1.807) is 12.4 Å². The molecule has 22 heavy (non-hydrogen) atoms. The number of rotatable bonds is 3. The van der Waals surface area contributed by atoms with Gasteiger partial charge in [0, 0.05) is 39.3 Å². The Morgan fingerprint density at radius 1 is 1.05 bits per heavy atom. The maximum absolute atomic E-state index is 11.0. The van der Waals surface area contributed by atoms with Crippen molar-refractivity contribution in [3.8, 4) is 0 Å². The Morgan fingerprint density at radius 3 is 2.32 bits per heavy atom. The van der Waals surface area contributed by atoms with Crippen molar-refractivity contribution >= 4 is 23.4 Å². The van der Waals surface area contributed by atoms with E-state index in [9.17, 15) is 4.79 Å². The second-order valence-electron chi connectivity index (χ2n) is 5.11. The second-order valence-corrected chi connectivity index (χ2v) is 5.11. The highest BCUT2D eigenvalue weighted by Gasteiger charge is 2.19. The van der Waals surface area contributed by atoms with Crippen LogP contribution in [-0.4, -0.2) is 47.0 Å². The highest BCUT2D eigenvalue weighted by atomic mass is 16.1. The normalized spacial score (nSPS) is 14.8. The summed E-state index contributed by atoms with van der Waals surface area (Å²) in [6.45, 7) is 4.92. The van der Waals surface area contributed by atoms with Crippen molar-refractivity contribution in [3.05, 3.63) is 36.8 Å². The Bertz CT molecular complexity index is 622. The first-order valence-corrected chi connectivity index (χ1v) is 7.23. The molecule has 1 N–H and O–H groups in total. The van der Waals surface area contributed by atoms with Crippen LogP contribution in [0.1, 0.15) is 6.92 Å². The summed E-state index contributed by atoms with van der Waals surface area (Å²) in [7, 11) is 0. The van der Waals surface area contributed by atoms with Gasteiger partial charge < -0.3 is 15.1 Å². The molecule has 114 valence electrons. The lowest BCUT2D eigenvalue weighted by Crippen LogP contribution is -2.47. The number of carbonyl (C=O) groups is 1. The number of hydrogen-bond acceptors (Lipinski definition) is 6. The average Bonchev–Trinajstić information content (AvgIpc) is 2.56. The Kier molecular flexibility index (Phi) is 4.13. The minimum atomic E-state index is -0.125. The van der Waals surface area contributed by atoms with Gasteiger partial charge in [-0.3, -0.25) is 4.79 Å². The molecule has 3 heterocycles. The van der Waals surface area contributed by atoms with Gasteiger partial charge in [-0.25, -0.2) is 15.0 Å². The van der Waals surface area contributed by atoms with Crippen molar-refractivity contribution in [2.24, 2.45) is 0 Å². The molecule has 0 aliphatic carbocycles. The van der Waals surface area contributed by atoms with Crippen LogP contribution in [0.2, 0.25) is 0 Å². The highest BCUT2D eigenvalue weighted by Crippen LogP contribution is 2.16. The molecule has 7 nitrogen and oxygen atoms in total. The summed E-state index contributed by atoms with van der Waals surface area (Å²) in [5, 5.41) is 2.66. The summed E-state index contributed by atoms with van der Waals surface area (Å²) in [4.78, 5) is 28.4. The zero-order valence-electron chi connectivity index (χ0n) is 12.4. The van der Waals surface area contributed by atoms with Crippen LogP contribution in [-0.2, 0) is 4.79 Å². The summed E-state index contributed by atoms with van der Waals surface area (Å²) in [5.74, 6) is 1.57. The molecule has 0 aromatic carbocycles. The van der Waals surface area contributed by atoms with Crippen LogP contribution < -0.4 is 15.1 Å². The minimum Gasteiger partial charge on any atom is -0.353 e. The number of piperazine rings is 1. The molecule has 0 radical (unpaired) electrons. The predicted octanol–water partition coefficient (Wildman–Crippen LogP) is 1.16. The summed E-state index contributed by atoms with van der Waals surface area (Å²) >= 11 is 0. The molecule has 1 aliphatic heterocycles. The van der Waals surface area contributed by atoms with Gasteiger partial charge in [-0.05, 0) is 12.1 Å². The van der Waals surface area contributed by atoms with Crippen LogP contribution in [0, 0.1) is 0 Å². The molecule has 7 heteroatoms. The van der Waals surface area contributed by atoms with E-state index in [0.29, 0.717) is 11.6 Å². The van der Waals surface area contributed by atoms with Gasteiger partial charge >= 0.3 is 0 Å². The number of hydrogen-bond donors (Lipinski definition) is 1. The van der Waals surface area contributed by atoms with Gasteiger partial charge in [0.25, 0.3) is 0 Å². The Labute approximate surface area is 129 Å². The summed E-state index contributed by atoms with van der Waals surface area (Å²) < 4.78 is 0. The standard InChI is InChI=1S/C15H18N6O/c1-12(22)19-13-10-17-15(18-11-13)21-8-6-20(7-9-21)14-4-2-3-5-16-14/h2-5,10-11H,6-9H2,1H3,(H,19,22). The first-order valence-electron chi connectivity index (χ1n) is 7.23. The molecule has 1 amide bonds. The first-order chi connectivity index (χ1) is 10.7. The third kappa shape index (κ3) is 3.30. The number of aromatic nitrogens is 3. The Balaban J connectivity index is 1.60. The fourth-order valence-electron chi connectivity index (χ4n) is 2.43. The van der Waals surface area contributed by atoms with Crippen molar-refractivity contribution in [2.75, 3.05) is 41.3 Å². The molecule has 2 aromatic heterocycles. The fraction of sp³-hybridized carbons (Fsp3) is 0.333. The Hall–Kier alpha value is -2.70. The van der Waals surface area contributed by atoms with Gasteiger partial charge in [0.2, 0.25) is 11.9 Å². The van der Waals surface area contributed by atoms with Gasteiger partial charge in [-0.2, -0.15) is 0 Å². The smallest absolute Gasteiger partial charge is 0.225 e. The van der Waals surface area contributed by atoms with E-state index in [1.807, 2.05) is 24.4 Å². The molecular formula is C15H18N6O. The predicted molar refractivity (Wildman–Crippen MR) is 85.0 cm³/mol. The van der Waals surface area contributed by atoms with Crippen molar-refractivity contribution < 1.29 is 4.79 Å². The SMILES string of the molecule is CC(=O)Nc1cnc(N2CCN(c3ccccn3)CC2)nc1. The molecule has 2 aromatic rings. The summed E-state index contributed by atoms with van der Waals surface area (Å²) in [6, 6.07) is 5.94. The van der Waals surface area contributed by atoms with E-state index < -0.39 is 0 Å². The highest BCUT2D eigenvalue weighted by molar-refractivity contribution is 5.88. The van der Waals surface area contributed by atoms with Crippen LogP contribution >= 0.6 is 0 Å². The summed E-state index contributed by atoms with van der Waals surface area (Å²) in [6.07, 6.45) is 5.08. The molecule has 3 rings (SSSR count). The number of amides is 1. The number of carbonyl (C=O) groups excluding carboxylic acids is 1. The molecule has 1 fully saturated rings. The number of pyridine rings is 1. The van der Waals surface area contributed by atoms with Gasteiger partial charge in [-0.15, -0.1) is 0 Å². The minimum absolute atomic E-state index is 0.125. The maximum atomic E-state index is 11.0. The van der Waals surface area contributed by atoms with Gasteiger partial charge in [-0.1, -0.05) is 6.07 Å². The van der Waals surface area contributed by atoms with E-state index in [2.05, 4.69) is 30.1 Å². The fourth-order valence-corrected chi connectivity index (χ4v) is 2.43. The number of nitrogens with one attached hydrogen (secondary N) is 1.